The van der Waals surface area contributed by atoms with Crippen LogP contribution < -0.4 is 5.32 Å². The summed E-state index contributed by atoms with van der Waals surface area (Å²) in [7, 11) is 0. The van der Waals surface area contributed by atoms with Crippen molar-refractivity contribution in [3.63, 3.8) is 0 Å². The Hall–Kier alpha value is -2.63. The van der Waals surface area contributed by atoms with Crippen LogP contribution in [0.4, 0.5) is 0 Å². The lowest BCUT2D eigenvalue weighted by Crippen LogP contribution is -2.59. The molecule has 0 aromatic rings. The third kappa shape index (κ3) is 3.48. The van der Waals surface area contributed by atoms with Crippen LogP contribution in [-0.4, -0.2) is 36.2 Å². The number of hydrogen-bond donors (Lipinski definition) is 1. The van der Waals surface area contributed by atoms with E-state index in [1.165, 1.54) is 12.7 Å². The number of rotatable bonds is 11. The van der Waals surface area contributed by atoms with Crippen molar-refractivity contribution in [3.05, 3.63) is 38.0 Å². The van der Waals surface area contributed by atoms with E-state index in [0.717, 1.165) is 24.6 Å². The van der Waals surface area contributed by atoms with E-state index < -0.39 is 29.1 Å². The Balaban J connectivity index is 3.62. The average molecular weight is 329 g/mol. The maximum absolute atomic E-state index is 12.8. The van der Waals surface area contributed by atoms with Gasteiger partial charge in [-0.25, -0.2) is 9.98 Å². The summed E-state index contributed by atoms with van der Waals surface area (Å²) in [6.45, 7) is 12.5. The minimum absolute atomic E-state index is 0.353. The first-order valence-corrected chi connectivity index (χ1v) is 7.79. The van der Waals surface area contributed by atoms with Crippen LogP contribution in [0, 0.1) is 11.3 Å². The molecule has 0 saturated carbocycles. The maximum Gasteiger partial charge on any atom is 0.173 e. The zero-order valence-corrected chi connectivity index (χ0v) is 13.9. The zero-order chi connectivity index (χ0) is 18.2. The highest BCUT2D eigenvalue weighted by Gasteiger charge is 2.57. The molecule has 24 heavy (non-hydrogen) atoms. The minimum atomic E-state index is -1.76. The lowest BCUT2D eigenvalue weighted by Gasteiger charge is -2.40. The molecule has 0 fully saturated rings. The fourth-order valence-corrected chi connectivity index (χ4v) is 2.95. The SMILES string of the molecule is C=CC(=O)C(CCCC)C(C(=O)C=C)(C(=O)C=C)C1N=CN=CN1. The number of hydrogen-bond acceptors (Lipinski definition) is 6. The summed E-state index contributed by atoms with van der Waals surface area (Å²) in [6, 6.07) is 0. The number of aliphatic imine (C=N–C) groups is 2. The standard InChI is InChI=1S/C18H23N3O3/c1-5-9-10-13(14(22)6-2)18(15(23)7-3,16(24)8-4)17-20-11-19-12-21-17/h6-8,11-13,17H,2-5,9-10H2,1H3,(H,19,20,21). The number of carbonyl (C=O) groups is 3. The third-order valence-corrected chi connectivity index (χ3v) is 4.15. The number of nitrogens with zero attached hydrogens (tertiary/aromatic N) is 2. The van der Waals surface area contributed by atoms with E-state index in [4.69, 9.17) is 0 Å². The Morgan fingerprint density at radius 3 is 2.25 bits per heavy atom. The lowest BCUT2D eigenvalue weighted by molar-refractivity contribution is -0.146. The molecule has 0 spiro atoms. The van der Waals surface area contributed by atoms with Crippen molar-refractivity contribution in [2.24, 2.45) is 21.3 Å². The van der Waals surface area contributed by atoms with E-state index in [-0.39, 0.29) is 5.78 Å². The second-order valence-corrected chi connectivity index (χ2v) is 5.42. The van der Waals surface area contributed by atoms with E-state index in [0.29, 0.717) is 12.8 Å². The van der Waals surface area contributed by atoms with Crippen molar-refractivity contribution in [2.45, 2.75) is 32.4 Å². The quantitative estimate of drug-likeness (QED) is 0.464. The normalized spacial score (nSPS) is 17.5. The lowest BCUT2D eigenvalue weighted by atomic mass is 9.63. The second kappa shape index (κ2) is 8.86. The fraction of sp³-hybridized carbons (Fsp3) is 0.389. The summed E-state index contributed by atoms with van der Waals surface area (Å²) in [5, 5.41) is 2.81. The van der Waals surface area contributed by atoms with Gasteiger partial charge in [0.25, 0.3) is 0 Å². The van der Waals surface area contributed by atoms with Gasteiger partial charge in [-0.1, -0.05) is 39.5 Å². The van der Waals surface area contributed by atoms with Crippen LogP contribution in [-0.2, 0) is 14.4 Å². The summed E-state index contributed by atoms with van der Waals surface area (Å²) in [5.41, 5.74) is -1.76. The van der Waals surface area contributed by atoms with Crippen molar-refractivity contribution in [2.75, 3.05) is 0 Å². The van der Waals surface area contributed by atoms with Gasteiger partial charge in [-0.2, -0.15) is 0 Å². The first kappa shape index (κ1) is 19.4. The second-order valence-electron chi connectivity index (χ2n) is 5.42. The number of carbonyl (C=O) groups excluding carboxylic acids is 3. The van der Waals surface area contributed by atoms with Gasteiger partial charge in [0.1, 0.15) is 17.9 Å². The first-order valence-electron chi connectivity index (χ1n) is 7.79. The molecule has 0 aliphatic carbocycles. The van der Waals surface area contributed by atoms with Crippen LogP contribution in [0.1, 0.15) is 26.2 Å². The smallest absolute Gasteiger partial charge is 0.173 e. The number of unbranched alkanes of at least 4 members (excludes halogenated alkanes) is 1. The highest BCUT2D eigenvalue weighted by Crippen LogP contribution is 2.40. The van der Waals surface area contributed by atoms with Crippen molar-refractivity contribution in [1.29, 1.82) is 0 Å². The van der Waals surface area contributed by atoms with Gasteiger partial charge in [0.05, 0.1) is 6.34 Å². The van der Waals surface area contributed by atoms with Crippen LogP contribution in [0.15, 0.2) is 47.9 Å². The van der Waals surface area contributed by atoms with E-state index in [1.54, 1.807) is 0 Å². The zero-order valence-electron chi connectivity index (χ0n) is 13.9. The molecular formula is C18H23N3O3. The molecular weight excluding hydrogens is 306 g/mol. The molecule has 1 aliphatic heterocycles. The van der Waals surface area contributed by atoms with Gasteiger partial charge in [0, 0.05) is 5.92 Å². The van der Waals surface area contributed by atoms with E-state index in [2.05, 4.69) is 35.0 Å². The fourth-order valence-electron chi connectivity index (χ4n) is 2.95. The molecule has 1 rings (SSSR count). The van der Waals surface area contributed by atoms with E-state index in [1.807, 2.05) is 6.92 Å². The highest BCUT2D eigenvalue weighted by molar-refractivity contribution is 6.19. The van der Waals surface area contributed by atoms with Crippen molar-refractivity contribution in [3.8, 4) is 0 Å². The number of allylic oxidation sites excluding steroid dienone is 3. The third-order valence-electron chi connectivity index (χ3n) is 4.15. The molecule has 0 aromatic heterocycles. The molecule has 0 radical (unpaired) electrons. The Morgan fingerprint density at radius 1 is 1.21 bits per heavy atom. The highest BCUT2D eigenvalue weighted by atomic mass is 16.2. The molecule has 0 amide bonds. The summed E-state index contributed by atoms with van der Waals surface area (Å²) in [5.74, 6) is -2.44. The Morgan fingerprint density at radius 2 is 1.83 bits per heavy atom. The van der Waals surface area contributed by atoms with Crippen LogP contribution in [0.2, 0.25) is 0 Å². The van der Waals surface area contributed by atoms with E-state index >= 15 is 0 Å². The summed E-state index contributed by atoms with van der Waals surface area (Å²) >= 11 is 0. The van der Waals surface area contributed by atoms with Gasteiger partial charge in [0.15, 0.2) is 17.3 Å². The van der Waals surface area contributed by atoms with Crippen molar-refractivity contribution >= 4 is 30.0 Å². The molecule has 0 bridgehead atoms. The van der Waals surface area contributed by atoms with Crippen molar-refractivity contribution in [1.82, 2.24) is 5.32 Å². The van der Waals surface area contributed by atoms with Gasteiger partial charge in [-0.15, -0.1) is 0 Å². The topological polar surface area (TPSA) is 88.0 Å². The molecule has 6 heteroatoms. The molecule has 128 valence electrons. The predicted octanol–water partition coefficient (Wildman–Crippen LogP) is 2.03. The molecule has 2 unspecified atom stereocenters. The molecule has 6 nitrogen and oxygen atoms in total. The minimum Gasteiger partial charge on any atom is -0.353 e. The average Bonchev–Trinajstić information content (AvgIpc) is 2.64. The van der Waals surface area contributed by atoms with Gasteiger partial charge in [-0.05, 0) is 24.6 Å². The molecule has 2 atom stereocenters. The summed E-state index contributed by atoms with van der Waals surface area (Å²) < 4.78 is 0. The summed E-state index contributed by atoms with van der Waals surface area (Å²) in [4.78, 5) is 46.1. The van der Waals surface area contributed by atoms with Crippen LogP contribution in [0.5, 0.6) is 0 Å². The number of nitrogens with one attached hydrogen (secondary N) is 1. The first-order chi connectivity index (χ1) is 11.5. The Labute approximate surface area is 142 Å². The molecule has 1 aliphatic rings. The number of ketones is 3. The van der Waals surface area contributed by atoms with Crippen LogP contribution in [0.3, 0.4) is 0 Å². The van der Waals surface area contributed by atoms with E-state index in [9.17, 15) is 14.4 Å². The molecule has 1 heterocycles. The summed E-state index contributed by atoms with van der Waals surface area (Å²) in [6.07, 6.45) is 6.71. The van der Waals surface area contributed by atoms with Gasteiger partial charge < -0.3 is 5.32 Å². The van der Waals surface area contributed by atoms with Gasteiger partial charge in [0.2, 0.25) is 0 Å². The predicted molar refractivity (Wildman–Crippen MR) is 95.0 cm³/mol. The maximum atomic E-state index is 12.8. The van der Waals surface area contributed by atoms with Crippen LogP contribution >= 0.6 is 0 Å². The largest absolute Gasteiger partial charge is 0.353 e. The molecule has 1 N–H and O–H groups in total. The Bertz CT molecular complexity index is 585. The molecule has 0 saturated heterocycles. The van der Waals surface area contributed by atoms with Gasteiger partial charge >= 0.3 is 0 Å². The van der Waals surface area contributed by atoms with Crippen molar-refractivity contribution < 1.29 is 14.4 Å². The van der Waals surface area contributed by atoms with Crippen LogP contribution in [0.25, 0.3) is 0 Å². The Kier molecular flexibility index (Phi) is 7.17. The monoisotopic (exact) mass is 329 g/mol. The van der Waals surface area contributed by atoms with Gasteiger partial charge in [-0.3, -0.25) is 14.4 Å². The molecule has 0 aromatic carbocycles.